The molecule has 138 valence electrons. The van der Waals surface area contributed by atoms with Gasteiger partial charge in [-0.2, -0.15) is 15.3 Å². The van der Waals surface area contributed by atoms with E-state index in [9.17, 15) is 14.9 Å². The Hall–Kier alpha value is -4.02. The number of rotatable bonds is 7. The van der Waals surface area contributed by atoms with Crippen molar-refractivity contribution >= 4 is 17.8 Å². The van der Waals surface area contributed by atoms with Crippen molar-refractivity contribution in [3.63, 3.8) is 0 Å². The number of hydrogen-bond donors (Lipinski definition) is 2. The summed E-state index contributed by atoms with van der Waals surface area (Å²) in [5.74, 6) is 0.188. The van der Waals surface area contributed by atoms with Crippen LogP contribution in [0.5, 0.6) is 5.75 Å². The highest BCUT2D eigenvalue weighted by Gasteiger charge is 2.11. The van der Waals surface area contributed by atoms with Crippen LogP contribution in [-0.2, 0) is 6.54 Å². The van der Waals surface area contributed by atoms with Crippen LogP contribution < -0.4 is 10.2 Å². The monoisotopic (exact) mass is 369 g/mol. The highest BCUT2D eigenvalue weighted by Crippen LogP contribution is 2.21. The van der Waals surface area contributed by atoms with E-state index in [2.05, 4.69) is 25.8 Å². The fourth-order valence-electron chi connectivity index (χ4n) is 2.32. The van der Waals surface area contributed by atoms with Crippen molar-refractivity contribution in [2.75, 3.05) is 7.11 Å². The highest BCUT2D eigenvalue weighted by molar-refractivity contribution is 5.93. The van der Waals surface area contributed by atoms with Gasteiger partial charge in [0.15, 0.2) is 0 Å². The van der Waals surface area contributed by atoms with E-state index < -0.39 is 10.8 Å². The van der Waals surface area contributed by atoms with Gasteiger partial charge in [0, 0.05) is 11.8 Å². The van der Waals surface area contributed by atoms with Crippen LogP contribution >= 0.6 is 0 Å². The van der Waals surface area contributed by atoms with Gasteiger partial charge in [0.05, 0.1) is 24.8 Å². The van der Waals surface area contributed by atoms with Gasteiger partial charge in [-0.15, -0.1) is 0 Å². The van der Waals surface area contributed by atoms with Gasteiger partial charge in [0.1, 0.15) is 23.8 Å². The zero-order valence-corrected chi connectivity index (χ0v) is 14.2. The predicted octanol–water partition coefficient (Wildman–Crippen LogP) is 1.34. The van der Waals surface area contributed by atoms with Crippen LogP contribution in [0.3, 0.4) is 0 Å². The summed E-state index contributed by atoms with van der Waals surface area (Å²) in [5.41, 5.74) is 4.04. The normalized spacial score (nSPS) is 10.9. The van der Waals surface area contributed by atoms with Crippen LogP contribution in [-0.4, -0.2) is 44.1 Å². The third-order valence-electron chi connectivity index (χ3n) is 3.59. The van der Waals surface area contributed by atoms with E-state index in [1.807, 2.05) is 0 Å². The lowest BCUT2D eigenvalue weighted by atomic mass is 10.1. The van der Waals surface area contributed by atoms with E-state index in [1.165, 1.54) is 42.7 Å². The minimum absolute atomic E-state index is 0.0896. The van der Waals surface area contributed by atoms with Crippen LogP contribution in [0.1, 0.15) is 21.6 Å². The average molecular weight is 369 g/mol. The fourth-order valence-corrected chi connectivity index (χ4v) is 2.32. The lowest BCUT2D eigenvalue weighted by Crippen LogP contribution is -2.18. The number of aromatic nitrogens is 4. The summed E-state index contributed by atoms with van der Waals surface area (Å²) in [4.78, 5) is 22.0. The summed E-state index contributed by atoms with van der Waals surface area (Å²) in [6, 6.07) is 6.82. The van der Waals surface area contributed by atoms with E-state index in [0.717, 1.165) is 5.56 Å². The zero-order chi connectivity index (χ0) is 19.2. The van der Waals surface area contributed by atoms with Crippen LogP contribution in [0.4, 0.5) is 5.69 Å². The molecule has 0 atom stereocenters. The molecule has 1 amide bonds. The minimum atomic E-state index is -0.508. The molecule has 1 aromatic carbocycles. The number of aromatic amines is 1. The lowest BCUT2D eigenvalue weighted by molar-refractivity contribution is -0.385. The van der Waals surface area contributed by atoms with Crippen molar-refractivity contribution in [1.82, 2.24) is 25.4 Å². The van der Waals surface area contributed by atoms with Gasteiger partial charge < -0.3 is 4.74 Å². The molecule has 0 spiro atoms. The Morgan fingerprint density at radius 2 is 2.33 bits per heavy atom. The molecule has 0 saturated heterocycles. The molecule has 27 heavy (non-hydrogen) atoms. The second kappa shape index (κ2) is 7.91. The Balaban J connectivity index is 1.73. The lowest BCUT2D eigenvalue weighted by Gasteiger charge is -2.09. The van der Waals surface area contributed by atoms with E-state index >= 15 is 0 Å². The van der Waals surface area contributed by atoms with Crippen molar-refractivity contribution in [1.29, 1.82) is 0 Å². The SMILES string of the molecule is COc1ccc(/C=N/NC(=O)c2ccn[nH]2)cc1Cn1cc([N+](=O)[O-])cn1. The maximum atomic E-state index is 11.8. The van der Waals surface area contributed by atoms with E-state index in [-0.39, 0.29) is 12.2 Å². The molecule has 0 radical (unpaired) electrons. The Bertz CT molecular complexity index is 979. The van der Waals surface area contributed by atoms with E-state index in [0.29, 0.717) is 17.0 Å². The number of hydrogen-bond acceptors (Lipinski definition) is 7. The molecule has 0 aliphatic rings. The Morgan fingerprint density at radius 3 is 3.00 bits per heavy atom. The first-order valence-electron chi connectivity index (χ1n) is 7.73. The van der Waals surface area contributed by atoms with Crippen LogP contribution in [0.15, 0.2) is 48.0 Å². The first-order valence-corrected chi connectivity index (χ1v) is 7.73. The first-order chi connectivity index (χ1) is 13.1. The number of hydrazone groups is 1. The minimum Gasteiger partial charge on any atom is -0.496 e. The number of carbonyl (C=O) groups excluding carboxylic acids is 1. The Morgan fingerprint density at radius 1 is 1.48 bits per heavy atom. The van der Waals surface area contributed by atoms with E-state index in [1.54, 1.807) is 18.2 Å². The number of carbonyl (C=O) groups is 1. The molecule has 0 aliphatic carbocycles. The molecule has 11 nitrogen and oxygen atoms in total. The van der Waals surface area contributed by atoms with Crippen molar-refractivity contribution in [2.45, 2.75) is 6.54 Å². The molecule has 3 rings (SSSR count). The highest BCUT2D eigenvalue weighted by atomic mass is 16.6. The zero-order valence-electron chi connectivity index (χ0n) is 14.2. The molecule has 2 aromatic heterocycles. The number of ether oxygens (including phenoxy) is 1. The topological polar surface area (TPSA) is 140 Å². The second-order valence-electron chi connectivity index (χ2n) is 5.39. The Labute approximate surface area is 152 Å². The third kappa shape index (κ3) is 4.34. The van der Waals surface area contributed by atoms with Crippen molar-refractivity contribution < 1.29 is 14.5 Å². The van der Waals surface area contributed by atoms with E-state index in [4.69, 9.17) is 4.74 Å². The number of H-pyrrole nitrogens is 1. The summed E-state index contributed by atoms with van der Waals surface area (Å²) in [5, 5.41) is 24.9. The molecule has 2 heterocycles. The van der Waals surface area contributed by atoms with Gasteiger partial charge in [-0.05, 0) is 29.8 Å². The molecule has 11 heteroatoms. The quantitative estimate of drug-likeness (QED) is 0.366. The molecule has 0 bridgehead atoms. The number of benzene rings is 1. The number of nitrogens with one attached hydrogen (secondary N) is 2. The fraction of sp³-hybridized carbons (Fsp3) is 0.125. The molecule has 0 fully saturated rings. The second-order valence-corrected chi connectivity index (χ2v) is 5.39. The van der Waals surface area contributed by atoms with Gasteiger partial charge in [0.25, 0.3) is 5.91 Å². The number of methoxy groups -OCH3 is 1. The molecule has 0 unspecified atom stereocenters. The van der Waals surface area contributed by atoms with Crippen LogP contribution in [0.25, 0.3) is 0 Å². The van der Waals surface area contributed by atoms with Crippen LogP contribution in [0, 0.1) is 10.1 Å². The van der Waals surface area contributed by atoms with Crippen molar-refractivity contribution in [2.24, 2.45) is 5.10 Å². The molecule has 3 aromatic rings. The van der Waals surface area contributed by atoms with Gasteiger partial charge >= 0.3 is 5.69 Å². The molecule has 0 saturated carbocycles. The number of nitro groups is 1. The van der Waals surface area contributed by atoms with Crippen LogP contribution in [0.2, 0.25) is 0 Å². The third-order valence-corrected chi connectivity index (χ3v) is 3.59. The predicted molar refractivity (Wildman–Crippen MR) is 94.6 cm³/mol. The van der Waals surface area contributed by atoms with Crippen molar-refractivity contribution in [3.05, 3.63) is 69.8 Å². The average Bonchev–Trinajstić information content (AvgIpc) is 3.34. The molecular weight excluding hydrogens is 354 g/mol. The maximum absolute atomic E-state index is 11.8. The molecular formula is C16H15N7O4. The number of amides is 1. The smallest absolute Gasteiger partial charge is 0.307 e. The largest absolute Gasteiger partial charge is 0.496 e. The van der Waals surface area contributed by atoms with Gasteiger partial charge in [0.2, 0.25) is 0 Å². The van der Waals surface area contributed by atoms with Gasteiger partial charge in [-0.3, -0.25) is 24.7 Å². The molecule has 0 aliphatic heterocycles. The number of nitrogens with zero attached hydrogens (tertiary/aromatic N) is 5. The summed E-state index contributed by atoms with van der Waals surface area (Å²) in [6.45, 7) is 0.277. The summed E-state index contributed by atoms with van der Waals surface area (Å²) in [6.07, 6.45) is 5.46. The summed E-state index contributed by atoms with van der Waals surface area (Å²) >= 11 is 0. The molecule has 2 N–H and O–H groups in total. The Kier molecular flexibility index (Phi) is 5.21. The van der Waals surface area contributed by atoms with Gasteiger partial charge in [-0.25, -0.2) is 5.43 Å². The summed E-state index contributed by atoms with van der Waals surface area (Å²) < 4.78 is 6.76. The summed E-state index contributed by atoms with van der Waals surface area (Å²) in [7, 11) is 1.53. The van der Waals surface area contributed by atoms with Gasteiger partial charge in [-0.1, -0.05) is 0 Å². The standard InChI is InChI=1S/C16H15N7O4/c1-27-15-3-2-11(7-18-21-16(24)14-4-5-17-20-14)6-12(15)9-22-10-13(8-19-22)23(25)26/h2-8,10H,9H2,1H3,(H,17,20)(H,21,24)/b18-7+. The van der Waals surface area contributed by atoms with Crippen molar-refractivity contribution in [3.8, 4) is 5.75 Å². The maximum Gasteiger partial charge on any atom is 0.307 e. The first kappa shape index (κ1) is 17.8.